The van der Waals surface area contributed by atoms with Gasteiger partial charge in [0.15, 0.2) is 5.82 Å². The highest BCUT2D eigenvalue weighted by molar-refractivity contribution is 7.19. The number of morpholine rings is 1. The number of hydrogen-bond acceptors (Lipinski definition) is 8. The molecule has 0 aromatic carbocycles. The zero-order valence-corrected chi connectivity index (χ0v) is 20.5. The molecule has 0 bridgehead atoms. The van der Waals surface area contributed by atoms with Gasteiger partial charge in [-0.05, 0) is 30.5 Å². The minimum atomic E-state index is 0.165. The summed E-state index contributed by atoms with van der Waals surface area (Å²) in [6.07, 6.45) is 2.24. The van der Waals surface area contributed by atoms with E-state index in [1.54, 1.807) is 11.3 Å². The van der Waals surface area contributed by atoms with Crippen molar-refractivity contribution in [3.63, 3.8) is 0 Å². The van der Waals surface area contributed by atoms with E-state index in [2.05, 4.69) is 44.6 Å². The lowest BCUT2D eigenvalue weighted by atomic mass is 9.90. The predicted molar refractivity (Wildman–Crippen MR) is 127 cm³/mol. The van der Waals surface area contributed by atoms with Gasteiger partial charge < -0.3 is 14.4 Å². The summed E-state index contributed by atoms with van der Waals surface area (Å²) in [5, 5.41) is 0.320. The van der Waals surface area contributed by atoms with Crippen molar-refractivity contribution >= 4 is 39.0 Å². The van der Waals surface area contributed by atoms with Crippen LogP contribution in [-0.2, 0) is 16.0 Å². The van der Waals surface area contributed by atoms with Crippen LogP contribution in [0.3, 0.4) is 0 Å². The lowest BCUT2D eigenvalue weighted by Crippen LogP contribution is -2.58. The van der Waals surface area contributed by atoms with Crippen molar-refractivity contribution in [1.29, 1.82) is 0 Å². The van der Waals surface area contributed by atoms with Crippen molar-refractivity contribution in [2.24, 2.45) is 0 Å². The Morgan fingerprint density at radius 2 is 1.81 bits per heavy atom. The fourth-order valence-corrected chi connectivity index (χ4v) is 6.19. The number of methoxy groups -OCH3 is 1. The molecule has 0 aliphatic carbocycles. The van der Waals surface area contributed by atoms with Gasteiger partial charge in [0.1, 0.15) is 0 Å². The molecule has 0 saturated carbocycles. The van der Waals surface area contributed by atoms with E-state index < -0.39 is 0 Å². The summed E-state index contributed by atoms with van der Waals surface area (Å²) in [5.41, 5.74) is 1.12. The molecule has 2 aliphatic rings. The largest absolute Gasteiger partial charge is 0.383 e. The van der Waals surface area contributed by atoms with Crippen LogP contribution in [0.1, 0.15) is 31.6 Å². The number of hydrogen-bond donors (Lipinski definition) is 0. The molecule has 2 aliphatic heterocycles. The van der Waals surface area contributed by atoms with Gasteiger partial charge in [-0.2, -0.15) is 4.98 Å². The van der Waals surface area contributed by atoms with E-state index in [4.69, 9.17) is 21.1 Å². The average Bonchev–Trinajstić information content (AvgIpc) is 3.20. The normalized spacial score (nSPS) is 19.4. The van der Waals surface area contributed by atoms with Crippen LogP contribution >= 0.6 is 22.9 Å². The van der Waals surface area contributed by atoms with Gasteiger partial charge in [0.2, 0.25) is 5.28 Å². The Morgan fingerprint density at radius 1 is 1.10 bits per heavy atom. The fraction of sp³-hybridized carbons (Fsp3) is 0.727. The van der Waals surface area contributed by atoms with Crippen LogP contribution < -0.4 is 4.90 Å². The molecular weight excluding hydrogens is 434 g/mol. The third-order valence-electron chi connectivity index (χ3n) is 6.84. The average molecular weight is 468 g/mol. The number of piperazine rings is 1. The van der Waals surface area contributed by atoms with Crippen LogP contribution in [0.2, 0.25) is 5.28 Å². The summed E-state index contributed by atoms with van der Waals surface area (Å²) in [4.78, 5) is 17.8. The van der Waals surface area contributed by atoms with Crippen molar-refractivity contribution in [1.82, 2.24) is 19.8 Å². The molecule has 2 fully saturated rings. The molecule has 172 valence electrons. The SMILES string of the molecule is CCC(CC)(COC)N1CCN(Cc2cc3nc(Cl)nc(N4CCOCC4)c3s2)CC1. The minimum Gasteiger partial charge on any atom is -0.383 e. The van der Waals surface area contributed by atoms with Gasteiger partial charge in [-0.1, -0.05) is 13.8 Å². The number of aromatic nitrogens is 2. The first-order chi connectivity index (χ1) is 15.1. The summed E-state index contributed by atoms with van der Waals surface area (Å²) in [5.74, 6) is 0.953. The summed E-state index contributed by atoms with van der Waals surface area (Å²) >= 11 is 8.06. The summed E-state index contributed by atoms with van der Waals surface area (Å²) < 4.78 is 12.2. The number of rotatable bonds is 8. The van der Waals surface area contributed by atoms with Crippen LogP contribution in [-0.4, -0.2) is 91.5 Å². The third kappa shape index (κ3) is 4.99. The first-order valence-corrected chi connectivity index (χ1v) is 12.5. The van der Waals surface area contributed by atoms with E-state index in [0.717, 1.165) is 94.5 Å². The van der Waals surface area contributed by atoms with E-state index >= 15 is 0 Å². The molecule has 7 nitrogen and oxygen atoms in total. The molecule has 2 saturated heterocycles. The van der Waals surface area contributed by atoms with Crippen LogP contribution in [0.4, 0.5) is 5.82 Å². The quantitative estimate of drug-likeness (QED) is 0.550. The second-order valence-electron chi connectivity index (χ2n) is 8.47. The van der Waals surface area contributed by atoms with E-state index in [-0.39, 0.29) is 5.54 Å². The van der Waals surface area contributed by atoms with Crippen LogP contribution in [0.15, 0.2) is 6.07 Å². The van der Waals surface area contributed by atoms with Crippen molar-refractivity contribution < 1.29 is 9.47 Å². The fourth-order valence-electron chi connectivity index (χ4n) is 4.87. The maximum atomic E-state index is 6.25. The predicted octanol–water partition coefficient (Wildman–Crippen LogP) is 3.50. The first-order valence-electron chi connectivity index (χ1n) is 11.3. The third-order valence-corrected chi connectivity index (χ3v) is 8.11. The highest BCUT2D eigenvalue weighted by Gasteiger charge is 2.35. The van der Waals surface area contributed by atoms with Gasteiger partial charge >= 0.3 is 0 Å². The zero-order valence-electron chi connectivity index (χ0n) is 18.9. The summed E-state index contributed by atoms with van der Waals surface area (Å²) in [6, 6.07) is 2.19. The maximum absolute atomic E-state index is 6.25. The lowest BCUT2D eigenvalue weighted by Gasteiger charge is -2.47. The zero-order chi connectivity index (χ0) is 21.8. The molecule has 0 spiro atoms. The summed E-state index contributed by atoms with van der Waals surface area (Å²) in [7, 11) is 1.82. The Kier molecular flexibility index (Phi) is 7.67. The van der Waals surface area contributed by atoms with Gasteiger partial charge in [0.25, 0.3) is 0 Å². The van der Waals surface area contributed by atoms with E-state index in [1.165, 1.54) is 4.88 Å². The smallest absolute Gasteiger partial charge is 0.224 e. The molecule has 4 heterocycles. The van der Waals surface area contributed by atoms with Gasteiger partial charge in [-0.3, -0.25) is 9.80 Å². The molecule has 0 N–H and O–H groups in total. The molecule has 2 aromatic heterocycles. The molecule has 4 rings (SSSR count). The number of anilines is 1. The van der Waals surface area contributed by atoms with Crippen molar-refractivity contribution in [2.75, 3.05) is 71.1 Å². The minimum absolute atomic E-state index is 0.165. The van der Waals surface area contributed by atoms with E-state index in [0.29, 0.717) is 5.28 Å². The standard InChI is InChI=1S/C22H34ClN5O2S/c1-4-22(5-2,16-29-3)28-8-6-26(7-9-28)15-17-14-18-19(31-17)20(25-21(23)24-18)27-10-12-30-13-11-27/h14H,4-13,15-16H2,1-3H3. The van der Waals surface area contributed by atoms with Crippen molar-refractivity contribution in [2.45, 2.75) is 38.8 Å². The number of ether oxygens (including phenoxy) is 2. The Bertz CT molecular complexity index is 861. The number of fused-ring (bicyclic) bond motifs is 1. The number of nitrogens with zero attached hydrogens (tertiary/aromatic N) is 5. The Morgan fingerprint density at radius 3 is 2.45 bits per heavy atom. The van der Waals surface area contributed by atoms with Crippen LogP contribution in [0.5, 0.6) is 0 Å². The maximum Gasteiger partial charge on any atom is 0.224 e. The van der Waals surface area contributed by atoms with Gasteiger partial charge in [-0.15, -0.1) is 11.3 Å². The molecule has 0 atom stereocenters. The number of halogens is 1. The van der Waals surface area contributed by atoms with Crippen LogP contribution in [0, 0.1) is 0 Å². The van der Waals surface area contributed by atoms with Crippen molar-refractivity contribution in [3.8, 4) is 0 Å². The first kappa shape index (κ1) is 23.1. The van der Waals surface area contributed by atoms with E-state index in [9.17, 15) is 0 Å². The van der Waals surface area contributed by atoms with Crippen LogP contribution in [0.25, 0.3) is 10.2 Å². The Labute approximate surface area is 194 Å². The molecule has 9 heteroatoms. The molecule has 0 unspecified atom stereocenters. The molecule has 0 amide bonds. The Hall–Kier alpha value is -1.03. The van der Waals surface area contributed by atoms with Crippen molar-refractivity contribution in [3.05, 3.63) is 16.2 Å². The molecular formula is C22H34ClN5O2S. The highest BCUT2D eigenvalue weighted by Crippen LogP contribution is 2.34. The van der Waals surface area contributed by atoms with Gasteiger partial charge in [0.05, 0.1) is 30.0 Å². The highest BCUT2D eigenvalue weighted by atomic mass is 35.5. The molecule has 0 radical (unpaired) electrons. The van der Waals surface area contributed by atoms with Gasteiger partial charge in [0, 0.05) is 63.3 Å². The molecule has 2 aromatic rings. The Balaban J connectivity index is 1.45. The van der Waals surface area contributed by atoms with E-state index in [1.807, 2.05) is 7.11 Å². The lowest BCUT2D eigenvalue weighted by molar-refractivity contribution is -0.0245. The second kappa shape index (κ2) is 10.3. The summed E-state index contributed by atoms with van der Waals surface area (Å²) in [6.45, 7) is 13.8. The molecule has 31 heavy (non-hydrogen) atoms. The monoisotopic (exact) mass is 467 g/mol. The number of thiophene rings is 1. The topological polar surface area (TPSA) is 54.0 Å². The van der Waals surface area contributed by atoms with Gasteiger partial charge in [-0.25, -0.2) is 4.98 Å². The second-order valence-corrected chi connectivity index (χ2v) is 9.95.